The van der Waals surface area contributed by atoms with Gasteiger partial charge in [-0.25, -0.2) is 4.98 Å². The fraction of sp³-hybridized carbons (Fsp3) is 0.571. The summed E-state index contributed by atoms with van der Waals surface area (Å²) < 4.78 is 0. The predicted octanol–water partition coefficient (Wildman–Crippen LogP) is 2.13. The van der Waals surface area contributed by atoms with Gasteiger partial charge < -0.3 is 5.73 Å². The summed E-state index contributed by atoms with van der Waals surface area (Å²) >= 11 is 5.87. The van der Waals surface area contributed by atoms with Crippen molar-refractivity contribution in [2.24, 2.45) is 11.7 Å². The summed E-state index contributed by atoms with van der Waals surface area (Å²) in [6.07, 6.45) is 1.90. The van der Waals surface area contributed by atoms with Crippen LogP contribution in [0.2, 0.25) is 5.15 Å². The van der Waals surface area contributed by atoms with E-state index in [1.165, 1.54) is 0 Å². The van der Waals surface area contributed by atoms with E-state index in [1.807, 2.05) is 19.1 Å². The van der Waals surface area contributed by atoms with Gasteiger partial charge in [-0.2, -0.15) is 0 Å². The van der Waals surface area contributed by atoms with Gasteiger partial charge in [-0.05, 0) is 38.3 Å². The summed E-state index contributed by atoms with van der Waals surface area (Å²) in [5.74, 6) is -0.223. The molecule has 19 heavy (non-hydrogen) atoms. The number of carbonyl (C=O) groups is 1. The topological polar surface area (TPSA) is 59.2 Å². The summed E-state index contributed by atoms with van der Waals surface area (Å²) in [7, 11) is 0. The van der Waals surface area contributed by atoms with E-state index in [4.69, 9.17) is 17.3 Å². The summed E-state index contributed by atoms with van der Waals surface area (Å²) in [6, 6.07) is 4.28. The predicted molar refractivity (Wildman–Crippen MR) is 75.8 cm³/mol. The van der Waals surface area contributed by atoms with Gasteiger partial charge in [0.1, 0.15) is 5.15 Å². The molecule has 0 radical (unpaired) electrons. The molecule has 5 heteroatoms. The van der Waals surface area contributed by atoms with E-state index in [1.54, 1.807) is 0 Å². The van der Waals surface area contributed by atoms with Gasteiger partial charge >= 0.3 is 0 Å². The third kappa shape index (κ3) is 3.45. The number of piperidine rings is 1. The molecule has 0 aliphatic carbocycles. The van der Waals surface area contributed by atoms with Crippen LogP contribution in [0.15, 0.2) is 12.1 Å². The number of nitrogens with zero attached hydrogens (tertiary/aromatic N) is 2. The molecule has 2 heterocycles. The Balaban J connectivity index is 2.09. The highest BCUT2D eigenvalue weighted by molar-refractivity contribution is 6.29. The Morgan fingerprint density at radius 1 is 1.53 bits per heavy atom. The van der Waals surface area contributed by atoms with E-state index in [0.717, 1.165) is 37.2 Å². The minimum Gasteiger partial charge on any atom is -0.369 e. The van der Waals surface area contributed by atoms with Crippen molar-refractivity contribution in [3.8, 4) is 0 Å². The number of pyridine rings is 1. The van der Waals surface area contributed by atoms with Crippen LogP contribution in [-0.2, 0) is 11.3 Å². The van der Waals surface area contributed by atoms with Gasteiger partial charge in [0.15, 0.2) is 0 Å². The molecule has 1 aromatic heterocycles. The Labute approximate surface area is 118 Å². The lowest BCUT2D eigenvalue weighted by molar-refractivity contribution is -0.124. The van der Waals surface area contributed by atoms with Crippen molar-refractivity contribution in [3.05, 3.63) is 28.5 Å². The van der Waals surface area contributed by atoms with Crippen LogP contribution in [0.5, 0.6) is 0 Å². The molecule has 0 unspecified atom stereocenters. The largest absolute Gasteiger partial charge is 0.369 e. The fourth-order valence-electron chi connectivity index (χ4n) is 2.58. The van der Waals surface area contributed by atoms with Crippen LogP contribution in [0.4, 0.5) is 0 Å². The first-order valence-corrected chi connectivity index (χ1v) is 7.00. The molecule has 4 nitrogen and oxygen atoms in total. The van der Waals surface area contributed by atoms with Crippen molar-refractivity contribution in [1.29, 1.82) is 0 Å². The molecule has 1 aromatic rings. The summed E-state index contributed by atoms with van der Waals surface area (Å²) in [5, 5.41) is 0.517. The molecule has 1 aliphatic rings. The van der Waals surface area contributed by atoms with Gasteiger partial charge in [0.05, 0.1) is 5.92 Å². The molecule has 0 saturated carbocycles. The van der Waals surface area contributed by atoms with Crippen LogP contribution in [0.25, 0.3) is 0 Å². The van der Waals surface area contributed by atoms with E-state index in [2.05, 4.69) is 16.8 Å². The zero-order chi connectivity index (χ0) is 14.0. The van der Waals surface area contributed by atoms with E-state index < -0.39 is 0 Å². The average Bonchev–Trinajstić information content (AvgIpc) is 2.34. The number of rotatable bonds is 3. The molecule has 1 amide bonds. The second-order valence-electron chi connectivity index (χ2n) is 5.33. The van der Waals surface area contributed by atoms with Crippen molar-refractivity contribution in [1.82, 2.24) is 9.88 Å². The molecular weight excluding hydrogens is 262 g/mol. The molecule has 1 aliphatic heterocycles. The van der Waals surface area contributed by atoms with Crippen LogP contribution in [0, 0.1) is 12.8 Å². The highest BCUT2D eigenvalue weighted by Gasteiger charge is 2.28. The molecule has 1 fully saturated rings. The smallest absolute Gasteiger partial charge is 0.221 e. The van der Waals surface area contributed by atoms with Gasteiger partial charge in [-0.1, -0.05) is 17.7 Å². The number of aromatic nitrogens is 1. The summed E-state index contributed by atoms with van der Waals surface area (Å²) in [6.45, 7) is 5.68. The van der Waals surface area contributed by atoms with E-state index in [-0.39, 0.29) is 11.8 Å². The maximum atomic E-state index is 11.3. The lowest BCUT2D eigenvalue weighted by Gasteiger charge is -2.37. The van der Waals surface area contributed by atoms with Crippen molar-refractivity contribution >= 4 is 17.5 Å². The van der Waals surface area contributed by atoms with E-state index in [9.17, 15) is 4.79 Å². The third-order valence-electron chi connectivity index (χ3n) is 3.95. The van der Waals surface area contributed by atoms with Crippen molar-refractivity contribution < 1.29 is 4.79 Å². The summed E-state index contributed by atoms with van der Waals surface area (Å²) in [4.78, 5) is 17.9. The summed E-state index contributed by atoms with van der Waals surface area (Å²) in [5.41, 5.74) is 7.52. The van der Waals surface area contributed by atoms with Crippen molar-refractivity contribution in [3.63, 3.8) is 0 Å². The first kappa shape index (κ1) is 14.3. The lowest BCUT2D eigenvalue weighted by Crippen LogP contribution is -2.45. The average molecular weight is 282 g/mol. The number of halogens is 1. The van der Waals surface area contributed by atoms with Crippen molar-refractivity contribution in [2.45, 2.75) is 39.3 Å². The molecule has 104 valence electrons. The zero-order valence-electron chi connectivity index (χ0n) is 11.4. The highest BCUT2D eigenvalue weighted by atomic mass is 35.5. The Bertz CT molecular complexity index is 478. The maximum absolute atomic E-state index is 11.3. The van der Waals surface area contributed by atoms with Gasteiger partial charge in [0.2, 0.25) is 5.91 Å². The molecule has 2 atom stereocenters. The maximum Gasteiger partial charge on any atom is 0.221 e. The second-order valence-corrected chi connectivity index (χ2v) is 5.72. The third-order valence-corrected chi connectivity index (χ3v) is 4.16. The van der Waals surface area contributed by atoms with Crippen LogP contribution in [0.3, 0.4) is 0 Å². The number of aryl methyl sites for hydroxylation is 1. The number of nitrogens with two attached hydrogens (primary N) is 1. The number of carbonyl (C=O) groups excluding carboxylic acids is 1. The SMILES string of the molecule is Cc1nc(Cl)ccc1CN1C[C@H](C(N)=O)CC[C@@H]1C. The molecular formula is C14H20ClN3O. The molecule has 2 rings (SSSR count). The van der Waals surface area contributed by atoms with Gasteiger partial charge in [0.25, 0.3) is 0 Å². The number of likely N-dealkylation sites (tertiary alicyclic amines) is 1. The minimum atomic E-state index is -0.192. The van der Waals surface area contributed by atoms with Crippen LogP contribution >= 0.6 is 11.6 Å². The van der Waals surface area contributed by atoms with Gasteiger partial charge in [-0.15, -0.1) is 0 Å². The molecule has 1 saturated heterocycles. The number of hydrogen-bond donors (Lipinski definition) is 1. The second kappa shape index (κ2) is 5.88. The molecule has 0 spiro atoms. The Kier molecular flexibility index (Phi) is 4.42. The quantitative estimate of drug-likeness (QED) is 0.864. The highest BCUT2D eigenvalue weighted by Crippen LogP contribution is 2.24. The molecule has 0 bridgehead atoms. The first-order valence-electron chi connectivity index (χ1n) is 6.62. The minimum absolute atomic E-state index is 0.0308. The lowest BCUT2D eigenvalue weighted by atomic mass is 9.92. The molecule has 2 N–H and O–H groups in total. The Hall–Kier alpha value is -1.13. The van der Waals surface area contributed by atoms with Gasteiger partial charge in [-0.3, -0.25) is 9.69 Å². The first-order chi connectivity index (χ1) is 8.97. The van der Waals surface area contributed by atoms with Crippen LogP contribution in [-0.4, -0.2) is 28.4 Å². The zero-order valence-corrected chi connectivity index (χ0v) is 12.2. The van der Waals surface area contributed by atoms with Gasteiger partial charge in [0, 0.05) is 24.8 Å². The van der Waals surface area contributed by atoms with Crippen LogP contribution in [0.1, 0.15) is 31.0 Å². The molecule has 0 aromatic carbocycles. The fourth-order valence-corrected chi connectivity index (χ4v) is 2.77. The normalized spacial score (nSPS) is 24.4. The number of amides is 1. The standard InChI is InChI=1S/C14H20ClN3O/c1-9-3-4-12(14(16)19)8-18(9)7-11-5-6-13(15)17-10(11)2/h5-6,9,12H,3-4,7-8H2,1-2H3,(H2,16,19)/t9-,12+/m0/s1. The Morgan fingerprint density at radius 2 is 2.26 bits per heavy atom. The van der Waals surface area contributed by atoms with E-state index >= 15 is 0 Å². The number of hydrogen-bond acceptors (Lipinski definition) is 3. The van der Waals surface area contributed by atoms with E-state index in [0.29, 0.717) is 11.2 Å². The number of primary amides is 1. The van der Waals surface area contributed by atoms with Crippen molar-refractivity contribution in [2.75, 3.05) is 6.54 Å². The monoisotopic (exact) mass is 281 g/mol. The van der Waals surface area contributed by atoms with Crippen LogP contribution < -0.4 is 5.73 Å². The Morgan fingerprint density at radius 3 is 2.89 bits per heavy atom.